The van der Waals surface area contributed by atoms with Gasteiger partial charge in [-0.1, -0.05) is 6.92 Å². The van der Waals surface area contributed by atoms with Crippen molar-refractivity contribution in [1.82, 2.24) is 10.2 Å². The standard InChI is InChI=1S/C13H20N2O2.2ClH/c1-2-13(15-5-3-14-4-6-15)10-7-11(16)9-12(17)8-10;;/h7-9,13-14,16-17H,2-6H2,1H3;2*1H/t13-;;/m1../s1. The third-order valence-corrected chi connectivity index (χ3v) is 3.29. The molecule has 1 fully saturated rings. The molecule has 4 nitrogen and oxygen atoms in total. The van der Waals surface area contributed by atoms with Crippen molar-refractivity contribution in [2.45, 2.75) is 19.4 Å². The summed E-state index contributed by atoms with van der Waals surface area (Å²) in [4.78, 5) is 2.39. The molecular formula is C13H22Cl2N2O2. The molecule has 0 aromatic heterocycles. The first kappa shape index (κ1) is 18.3. The average Bonchev–Trinajstić information content (AvgIpc) is 2.30. The second-order valence-corrected chi connectivity index (χ2v) is 4.49. The molecule has 0 bridgehead atoms. The molecule has 1 heterocycles. The number of nitrogens with one attached hydrogen (secondary N) is 1. The van der Waals surface area contributed by atoms with Gasteiger partial charge in [0.15, 0.2) is 0 Å². The number of hydrogen-bond acceptors (Lipinski definition) is 4. The zero-order chi connectivity index (χ0) is 12.3. The van der Waals surface area contributed by atoms with Crippen LogP contribution in [0, 0.1) is 0 Å². The average molecular weight is 309 g/mol. The Morgan fingerprint density at radius 1 is 1.11 bits per heavy atom. The van der Waals surface area contributed by atoms with Crippen LogP contribution in [0.2, 0.25) is 0 Å². The van der Waals surface area contributed by atoms with E-state index in [1.165, 1.54) is 6.07 Å². The molecular weight excluding hydrogens is 287 g/mol. The lowest BCUT2D eigenvalue weighted by Crippen LogP contribution is -2.45. The van der Waals surface area contributed by atoms with Gasteiger partial charge in [-0.15, -0.1) is 24.8 Å². The van der Waals surface area contributed by atoms with E-state index in [1.54, 1.807) is 12.1 Å². The molecule has 0 spiro atoms. The highest BCUT2D eigenvalue weighted by Gasteiger charge is 2.21. The molecule has 2 rings (SSSR count). The Bertz CT molecular complexity index is 365. The van der Waals surface area contributed by atoms with Crippen molar-refractivity contribution in [2.75, 3.05) is 26.2 Å². The largest absolute Gasteiger partial charge is 0.508 e. The minimum Gasteiger partial charge on any atom is -0.508 e. The molecule has 6 heteroatoms. The lowest BCUT2D eigenvalue weighted by Gasteiger charge is -2.34. The van der Waals surface area contributed by atoms with Gasteiger partial charge in [-0.05, 0) is 24.1 Å². The van der Waals surface area contributed by atoms with E-state index in [2.05, 4.69) is 17.1 Å². The Labute approximate surface area is 126 Å². The quantitative estimate of drug-likeness (QED) is 0.802. The molecule has 0 amide bonds. The number of benzene rings is 1. The van der Waals surface area contributed by atoms with Crippen LogP contribution in [0.5, 0.6) is 11.5 Å². The SMILES string of the molecule is CC[C@H](c1cc(O)cc(O)c1)N1CCNCC1.Cl.Cl. The highest BCUT2D eigenvalue weighted by Crippen LogP contribution is 2.30. The zero-order valence-corrected chi connectivity index (χ0v) is 12.6. The van der Waals surface area contributed by atoms with Crippen LogP contribution >= 0.6 is 24.8 Å². The lowest BCUT2D eigenvalue weighted by molar-refractivity contribution is 0.169. The fourth-order valence-electron chi connectivity index (χ4n) is 2.51. The maximum atomic E-state index is 9.55. The molecule has 0 saturated carbocycles. The molecule has 0 aliphatic carbocycles. The van der Waals surface area contributed by atoms with Crippen molar-refractivity contribution in [1.29, 1.82) is 0 Å². The number of phenolic OH excluding ortho intramolecular Hbond substituents is 2. The van der Waals surface area contributed by atoms with Crippen LogP contribution in [-0.2, 0) is 0 Å². The molecule has 110 valence electrons. The Hall–Kier alpha value is -0.680. The number of aromatic hydroxyl groups is 2. The fraction of sp³-hybridized carbons (Fsp3) is 0.538. The summed E-state index contributed by atoms with van der Waals surface area (Å²) in [6, 6.07) is 5.13. The second kappa shape index (κ2) is 8.48. The molecule has 1 aliphatic heterocycles. The van der Waals surface area contributed by atoms with Gasteiger partial charge in [0.1, 0.15) is 11.5 Å². The third kappa shape index (κ3) is 4.73. The maximum Gasteiger partial charge on any atom is 0.119 e. The summed E-state index contributed by atoms with van der Waals surface area (Å²) in [5.74, 6) is 0.266. The Balaban J connectivity index is 0.00000162. The van der Waals surface area contributed by atoms with Crippen LogP contribution < -0.4 is 5.32 Å². The van der Waals surface area contributed by atoms with E-state index in [9.17, 15) is 10.2 Å². The van der Waals surface area contributed by atoms with Gasteiger partial charge in [0.05, 0.1) is 0 Å². The summed E-state index contributed by atoms with van der Waals surface area (Å²) < 4.78 is 0. The van der Waals surface area contributed by atoms with E-state index in [0.717, 1.165) is 38.2 Å². The predicted octanol–water partition coefficient (Wildman–Crippen LogP) is 2.30. The van der Waals surface area contributed by atoms with Crippen molar-refractivity contribution in [3.8, 4) is 11.5 Å². The first-order valence-electron chi connectivity index (χ1n) is 6.18. The van der Waals surface area contributed by atoms with Gasteiger partial charge in [-0.25, -0.2) is 0 Å². The highest BCUT2D eigenvalue weighted by atomic mass is 35.5. The van der Waals surface area contributed by atoms with E-state index >= 15 is 0 Å². The van der Waals surface area contributed by atoms with Crippen molar-refractivity contribution in [3.63, 3.8) is 0 Å². The van der Waals surface area contributed by atoms with Crippen LogP contribution in [0.15, 0.2) is 18.2 Å². The van der Waals surface area contributed by atoms with Gasteiger partial charge in [0, 0.05) is 38.3 Å². The van der Waals surface area contributed by atoms with E-state index < -0.39 is 0 Å². The number of piperazine rings is 1. The van der Waals surface area contributed by atoms with E-state index in [0.29, 0.717) is 0 Å². The van der Waals surface area contributed by atoms with Crippen molar-refractivity contribution in [3.05, 3.63) is 23.8 Å². The minimum atomic E-state index is 0. The molecule has 1 saturated heterocycles. The van der Waals surface area contributed by atoms with Gasteiger partial charge in [0.2, 0.25) is 0 Å². The fourth-order valence-corrected chi connectivity index (χ4v) is 2.51. The highest BCUT2D eigenvalue weighted by molar-refractivity contribution is 5.85. The first-order chi connectivity index (χ1) is 8.20. The Morgan fingerprint density at radius 3 is 2.11 bits per heavy atom. The van der Waals surface area contributed by atoms with E-state index in [-0.39, 0.29) is 42.4 Å². The van der Waals surface area contributed by atoms with Crippen LogP contribution in [0.3, 0.4) is 0 Å². The van der Waals surface area contributed by atoms with Crippen molar-refractivity contribution in [2.24, 2.45) is 0 Å². The van der Waals surface area contributed by atoms with Crippen molar-refractivity contribution >= 4 is 24.8 Å². The number of hydrogen-bond donors (Lipinski definition) is 3. The molecule has 3 N–H and O–H groups in total. The van der Waals surface area contributed by atoms with Crippen LogP contribution in [-0.4, -0.2) is 41.3 Å². The Kier molecular flexibility index (Phi) is 8.18. The number of nitrogens with zero attached hydrogens (tertiary/aromatic N) is 1. The molecule has 1 atom stereocenters. The minimum absolute atomic E-state index is 0. The number of phenols is 2. The summed E-state index contributed by atoms with van der Waals surface area (Å²) in [5.41, 5.74) is 0.993. The van der Waals surface area contributed by atoms with Gasteiger partial charge in [0.25, 0.3) is 0 Å². The monoisotopic (exact) mass is 308 g/mol. The second-order valence-electron chi connectivity index (χ2n) is 4.49. The number of halogens is 2. The smallest absolute Gasteiger partial charge is 0.119 e. The van der Waals surface area contributed by atoms with Crippen molar-refractivity contribution < 1.29 is 10.2 Å². The van der Waals surface area contributed by atoms with E-state index in [1.807, 2.05) is 0 Å². The zero-order valence-electron chi connectivity index (χ0n) is 11.0. The molecule has 0 radical (unpaired) electrons. The topological polar surface area (TPSA) is 55.7 Å². The van der Waals surface area contributed by atoms with Crippen LogP contribution in [0.4, 0.5) is 0 Å². The Morgan fingerprint density at radius 2 is 1.63 bits per heavy atom. The summed E-state index contributed by atoms with van der Waals surface area (Å²) >= 11 is 0. The van der Waals surface area contributed by atoms with Gasteiger partial charge >= 0.3 is 0 Å². The summed E-state index contributed by atoms with van der Waals surface area (Å²) in [6.07, 6.45) is 0.975. The summed E-state index contributed by atoms with van der Waals surface area (Å²) in [5, 5.41) is 22.4. The van der Waals surface area contributed by atoms with Gasteiger partial charge in [-0.2, -0.15) is 0 Å². The predicted molar refractivity (Wildman–Crippen MR) is 81.7 cm³/mol. The van der Waals surface area contributed by atoms with Crippen LogP contribution in [0.1, 0.15) is 24.9 Å². The van der Waals surface area contributed by atoms with Gasteiger partial charge in [-0.3, -0.25) is 4.90 Å². The van der Waals surface area contributed by atoms with Gasteiger partial charge < -0.3 is 15.5 Å². The molecule has 1 aromatic carbocycles. The third-order valence-electron chi connectivity index (χ3n) is 3.29. The lowest BCUT2D eigenvalue weighted by atomic mass is 10.0. The normalized spacial score (nSPS) is 17.1. The summed E-state index contributed by atoms with van der Waals surface area (Å²) in [7, 11) is 0. The molecule has 1 aliphatic rings. The first-order valence-corrected chi connectivity index (χ1v) is 6.18. The molecule has 19 heavy (non-hydrogen) atoms. The van der Waals surface area contributed by atoms with E-state index in [4.69, 9.17) is 0 Å². The maximum absolute atomic E-state index is 9.55. The molecule has 0 unspecified atom stereocenters. The van der Waals surface area contributed by atoms with Crippen LogP contribution in [0.25, 0.3) is 0 Å². The number of rotatable bonds is 3. The summed E-state index contributed by atoms with van der Waals surface area (Å²) in [6.45, 7) is 6.15. The molecule has 1 aromatic rings.